The first-order valence-electron chi connectivity index (χ1n) is 6.53. The number of rotatable bonds is 4. The molecule has 0 spiro atoms. The molecule has 7 heteroatoms. The van der Waals surface area contributed by atoms with E-state index in [9.17, 15) is 10.1 Å². The topological polar surface area (TPSA) is 73.8 Å². The average Bonchev–Trinajstić information content (AvgIpc) is 2.92. The van der Waals surface area contributed by atoms with Crippen LogP contribution in [0.4, 0.5) is 5.82 Å². The molecule has 2 aromatic carbocycles. The highest BCUT2D eigenvalue weighted by Crippen LogP contribution is 2.33. The Morgan fingerprint density at radius 2 is 1.77 bits per heavy atom. The summed E-state index contributed by atoms with van der Waals surface area (Å²) in [6.45, 7) is 0.415. The van der Waals surface area contributed by atoms with Crippen LogP contribution in [-0.2, 0) is 6.54 Å². The number of hydrogen-bond donors (Lipinski definition) is 0. The van der Waals surface area contributed by atoms with E-state index in [1.54, 1.807) is 10.7 Å². The van der Waals surface area contributed by atoms with Gasteiger partial charge in [0.15, 0.2) is 5.69 Å². The first-order chi connectivity index (χ1) is 10.7. The summed E-state index contributed by atoms with van der Waals surface area (Å²) in [5, 5.41) is 18.9. The van der Waals surface area contributed by atoms with Crippen LogP contribution in [0.3, 0.4) is 0 Å². The van der Waals surface area contributed by atoms with Gasteiger partial charge in [0.2, 0.25) is 0 Å². The third kappa shape index (κ3) is 2.75. The van der Waals surface area contributed by atoms with E-state index in [2.05, 4.69) is 26.2 Å². The van der Waals surface area contributed by atoms with E-state index in [1.165, 1.54) is 0 Å². The van der Waals surface area contributed by atoms with Crippen molar-refractivity contribution < 1.29 is 4.92 Å². The first kappa shape index (κ1) is 14.4. The van der Waals surface area contributed by atoms with Gasteiger partial charge in [0, 0.05) is 10.0 Å². The lowest BCUT2D eigenvalue weighted by Crippen LogP contribution is -2.04. The van der Waals surface area contributed by atoms with E-state index in [0.717, 1.165) is 10.0 Å². The lowest BCUT2D eigenvalue weighted by atomic mass is 10.1. The molecule has 3 aromatic rings. The Bertz CT molecular complexity index is 817. The molecule has 0 radical (unpaired) electrons. The fourth-order valence-electron chi connectivity index (χ4n) is 2.21. The van der Waals surface area contributed by atoms with Gasteiger partial charge in [0.05, 0.1) is 11.8 Å². The second-order valence-electron chi connectivity index (χ2n) is 4.64. The molecular weight excluding hydrogens is 348 g/mol. The minimum absolute atomic E-state index is 0.247. The Morgan fingerprint density at radius 1 is 1.09 bits per heavy atom. The molecular formula is C15H11BrN4O2. The Balaban J connectivity index is 2.12. The van der Waals surface area contributed by atoms with E-state index in [0.29, 0.717) is 17.8 Å². The Labute approximate surface area is 134 Å². The highest BCUT2D eigenvalue weighted by Gasteiger charge is 2.26. The van der Waals surface area contributed by atoms with Gasteiger partial charge in [-0.1, -0.05) is 64.5 Å². The fourth-order valence-corrected chi connectivity index (χ4v) is 2.68. The van der Waals surface area contributed by atoms with Crippen LogP contribution in [0.25, 0.3) is 11.3 Å². The zero-order valence-corrected chi connectivity index (χ0v) is 13.0. The molecule has 0 aliphatic rings. The van der Waals surface area contributed by atoms with Crippen LogP contribution in [0.2, 0.25) is 0 Å². The second kappa shape index (κ2) is 6.07. The predicted octanol–water partition coefficient (Wildman–Crippen LogP) is 3.66. The molecule has 1 aromatic heterocycles. The zero-order valence-electron chi connectivity index (χ0n) is 11.4. The summed E-state index contributed by atoms with van der Waals surface area (Å²) in [5.74, 6) is -0.247. The zero-order chi connectivity index (χ0) is 15.5. The van der Waals surface area contributed by atoms with Gasteiger partial charge in [-0.2, -0.15) is 0 Å². The Kier molecular flexibility index (Phi) is 3.97. The van der Waals surface area contributed by atoms with Gasteiger partial charge in [-0.25, -0.2) is 4.68 Å². The van der Waals surface area contributed by atoms with Crippen LogP contribution >= 0.6 is 15.9 Å². The standard InChI is InChI=1S/C15H11BrN4O2/c16-13-9-5-4-8-12(13)14-15(20(21)22)17-18-19(14)10-11-6-2-1-3-7-11/h1-9H,10H2. The number of benzene rings is 2. The van der Waals surface area contributed by atoms with Crippen molar-refractivity contribution in [3.8, 4) is 11.3 Å². The van der Waals surface area contributed by atoms with E-state index >= 15 is 0 Å². The largest absolute Gasteiger partial charge is 0.418 e. The SMILES string of the molecule is O=[N+]([O-])c1nnn(Cc2ccccc2)c1-c1ccccc1Br. The van der Waals surface area contributed by atoms with Crippen molar-refractivity contribution in [2.24, 2.45) is 0 Å². The number of hydrogen-bond acceptors (Lipinski definition) is 4. The van der Waals surface area contributed by atoms with Gasteiger partial charge in [-0.15, -0.1) is 0 Å². The maximum absolute atomic E-state index is 11.2. The minimum Gasteiger partial charge on any atom is -0.358 e. The quantitative estimate of drug-likeness (QED) is 0.526. The Morgan fingerprint density at radius 3 is 2.45 bits per heavy atom. The van der Waals surface area contributed by atoms with Crippen molar-refractivity contribution >= 4 is 21.7 Å². The third-order valence-electron chi connectivity index (χ3n) is 3.19. The molecule has 6 nitrogen and oxygen atoms in total. The van der Waals surface area contributed by atoms with E-state index < -0.39 is 4.92 Å². The lowest BCUT2D eigenvalue weighted by Gasteiger charge is -2.07. The summed E-state index contributed by atoms with van der Waals surface area (Å²) in [4.78, 5) is 10.7. The summed E-state index contributed by atoms with van der Waals surface area (Å²) in [6.07, 6.45) is 0. The van der Waals surface area contributed by atoms with Crippen molar-refractivity contribution in [3.05, 3.63) is 74.7 Å². The number of halogens is 1. The van der Waals surface area contributed by atoms with Crippen molar-refractivity contribution in [1.82, 2.24) is 15.0 Å². The maximum atomic E-state index is 11.2. The minimum atomic E-state index is -0.511. The molecule has 0 aliphatic heterocycles. The molecule has 0 aliphatic carbocycles. The normalized spacial score (nSPS) is 10.6. The van der Waals surface area contributed by atoms with Gasteiger partial charge < -0.3 is 10.1 Å². The molecule has 0 bridgehead atoms. The van der Waals surface area contributed by atoms with Gasteiger partial charge in [-0.3, -0.25) is 0 Å². The van der Waals surface area contributed by atoms with Crippen LogP contribution in [0.5, 0.6) is 0 Å². The molecule has 0 fully saturated rings. The van der Waals surface area contributed by atoms with E-state index in [-0.39, 0.29) is 5.82 Å². The van der Waals surface area contributed by atoms with Crippen LogP contribution < -0.4 is 0 Å². The van der Waals surface area contributed by atoms with Gasteiger partial charge in [0.25, 0.3) is 0 Å². The summed E-state index contributed by atoms with van der Waals surface area (Å²) >= 11 is 3.43. The summed E-state index contributed by atoms with van der Waals surface area (Å²) in [7, 11) is 0. The number of nitro groups is 1. The molecule has 3 rings (SSSR count). The lowest BCUT2D eigenvalue weighted by molar-refractivity contribution is -0.388. The highest BCUT2D eigenvalue weighted by atomic mass is 79.9. The molecule has 1 heterocycles. The number of nitrogens with zero attached hydrogens (tertiary/aromatic N) is 4. The van der Waals surface area contributed by atoms with Crippen molar-refractivity contribution in [2.45, 2.75) is 6.54 Å². The number of aromatic nitrogens is 3. The average molecular weight is 359 g/mol. The van der Waals surface area contributed by atoms with Crippen LogP contribution in [-0.4, -0.2) is 19.9 Å². The third-order valence-corrected chi connectivity index (χ3v) is 3.89. The molecule has 110 valence electrons. The monoisotopic (exact) mass is 358 g/mol. The second-order valence-corrected chi connectivity index (χ2v) is 5.50. The Hall–Kier alpha value is -2.54. The molecule has 0 N–H and O–H groups in total. The predicted molar refractivity (Wildman–Crippen MR) is 85.4 cm³/mol. The molecule has 0 amide bonds. The smallest absolute Gasteiger partial charge is 0.358 e. The van der Waals surface area contributed by atoms with Gasteiger partial charge >= 0.3 is 5.82 Å². The van der Waals surface area contributed by atoms with Crippen LogP contribution in [0, 0.1) is 10.1 Å². The molecule has 22 heavy (non-hydrogen) atoms. The summed E-state index contributed by atoms with van der Waals surface area (Å²) < 4.78 is 2.31. The molecule has 0 atom stereocenters. The van der Waals surface area contributed by atoms with Crippen molar-refractivity contribution in [1.29, 1.82) is 0 Å². The molecule has 0 saturated carbocycles. The van der Waals surface area contributed by atoms with E-state index in [4.69, 9.17) is 0 Å². The van der Waals surface area contributed by atoms with E-state index in [1.807, 2.05) is 48.5 Å². The summed E-state index contributed by atoms with van der Waals surface area (Å²) in [6, 6.07) is 16.9. The van der Waals surface area contributed by atoms with Crippen molar-refractivity contribution in [3.63, 3.8) is 0 Å². The van der Waals surface area contributed by atoms with Gasteiger partial charge in [0.1, 0.15) is 5.10 Å². The van der Waals surface area contributed by atoms with Gasteiger partial charge in [-0.05, 0) is 16.6 Å². The van der Waals surface area contributed by atoms with Crippen molar-refractivity contribution in [2.75, 3.05) is 0 Å². The maximum Gasteiger partial charge on any atom is 0.418 e. The van der Waals surface area contributed by atoms with Crippen LogP contribution in [0.1, 0.15) is 5.56 Å². The first-order valence-corrected chi connectivity index (χ1v) is 7.33. The molecule has 0 unspecified atom stereocenters. The highest BCUT2D eigenvalue weighted by molar-refractivity contribution is 9.10. The molecule has 0 saturated heterocycles. The fraction of sp³-hybridized carbons (Fsp3) is 0.0667. The van der Waals surface area contributed by atoms with Crippen LogP contribution in [0.15, 0.2) is 59.1 Å². The summed E-state index contributed by atoms with van der Waals surface area (Å²) in [5.41, 5.74) is 2.08.